The van der Waals surface area contributed by atoms with E-state index in [4.69, 9.17) is 4.74 Å². The Morgan fingerprint density at radius 3 is 2.68 bits per heavy atom. The summed E-state index contributed by atoms with van der Waals surface area (Å²) in [4.78, 5) is 12.2. The topological polar surface area (TPSA) is 58.6 Å². The fourth-order valence-corrected chi connectivity index (χ4v) is 2.60. The van der Waals surface area contributed by atoms with Crippen molar-refractivity contribution in [2.24, 2.45) is 5.41 Å². The Hall–Kier alpha value is -1.55. The number of ether oxygens (including phenoxy) is 1. The van der Waals surface area contributed by atoms with Crippen LogP contribution in [0.2, 0.25) is 0 Å². The van der Waals surface area contributed by atoms with Gasteiger partial charge in [-0.25, -0.2) is 0 Å². The summed E-state index contributed by atoms with van der Waals surface area (Å²) in [6.45, 7) is 6.02. The number of benzene rings is 1. The number of hydrogen-bond donors (Lipinski definition) is 2. The molecule has 0 radical (unpaired) electrons. The summed E-state index contributed by atoms with van der Waals surface area (Å²) in [7, 11) is 1.69. The highest BCUT2D eigenvalue weighted by molar-refractivity contribution is 5.97. The van der Waals surface area contributed by atoms with E-state index in [0.717, 1.165) is 12.0 Å². The molecule has 1 fully saturated rings. The summed E-state index contributed by atoms with van der Waals surface area (Å²) in [6, 6.07) is 5.14. The van der Waals surface area contributed by atoms with Crippen molar-refractivity contribution in [2.45, 2.75) is 39.3 Å². The van der Waals surface area contributed by atoms with E-state index in [1.807, 2.05) is 13.0 Å². The molecule has 0 aromatic heterocycles. The minimum Gasteiger partial charge on any atom is -0.507 e. The van der Waals surface area contributed by atoms with Crippen LogP contribution in [0.15, 0.2) is 18.2 Å². The smallest absolute Gasteiger partial charge is 0.255 e. The molecule has 2 atom stereocenters. The van der Waals surface area contributed by atoms with Gasteiger partial charge in [-0.2, -0.15) is 0 Å². The maximum Gasteiger partial charge on any atom is 0.255 e. The number of phenols is 1. The molecule has 1 aliphatic carbocycles. The summed E-state index contributed by atoms with van der Waals surface area (Å²) in [5, 5.41) is 12.8. The van der Waals surface area contributed by atoms with E-state index in [9.17, 15) is 9.90 Å². The van der Waals surface area contributed by atoms with Gasteiger partial charge in [0, 0.05) is 18.6 Å². The maximum absolute atomic E-state index is 12.2. The number of aryl methyl sites for hydroxylation is 1. The van der Waals surface area contributed by atoms with E-state index in [0.29, 0.717) is 5.56 Å². The lowest BCUT2D eigenvalue weighted by molar-refractivity contribution is -0.0942. The van der Waals surface area contributed by atoms with Crippen LogP contribution in [0.1, 0.15) is 36.2 Å². The highest BCUT2D eigenvalue weighted by Gasteiger charge is 2.49. The molecule has 19 heavy (non-hydrogen) atoms. The SMILES string of the molecule is COC1CC(NC(=O)c2ccc(C)cc2O)C1(C)C. The first-order chi connectivity index (χ1) is 8.86. The molecule has 2 unspecified atom stereocenters. The monoisotopic (exact) mass is 263 g/mol. The molecule has 1 aromatic rings. The van der Waals surface area contributed by atoms with Crippen LogP contribution >= 0.6 is 0 Å². The van der Waals surface area contributed by atoms with Crippen LogP contribution in [0.5, 0.6) is 5.75 Å². The van der Waals surface area contributed by atoms with Gasteiger partial charge in [0.2, 0.25) is 0 Å². The Morgan fingerprint density at radius 2 is 2.16 bits per heavy atom. The second kappa shape index (κ2) is 4.85. The van der Waals surface area contributed by atoms with Gasteiger partial charge >= 0.3 is 0 Å². The standard InChI is InChI=1S/C15H21NO3/c1-9-5-6-10(11(17)7-9)14(18)16-12-8-13(19-4)15(12,2)3/h5-7,12-13,17H,8H2,1-4H3,(H,16,18). The molecular weight excluding hydrogens is 242 g/mol. The van der Waals surface area contributed by atoms with Gasteiger partial charge in [0.1, 0.15) is 5.75 Å². The van der Waals surface area contributed by atoms with Crippen LogP contribution in [0, 0.1) is 12.3 Å². The van der Waals surface area contributed by atoms with E-state index >= 15 is 0 Å². The normalized spacial score (nSPS) is 24.6. The van der Waals surface area contributed by atoms with Gasteiger partial charge in [0.15, 0.2) is 0 Å². The molecule has 4 heteroatoms. The van der Waals surface area contributed by atoms with Crippen molar-refractivity contribution in [3.05, 3.63) is 29.3 Å². The molecule has 0 heterocycles. The first-order valence-corrected chi connectivity index (χ1v) is 6.49. The van der Waals surface area contributed by atoms with Crippen LogP contribution < -0.4 is 5.32 Å². The second-order valence-electron chi connectivity index (χ2n) is 5.83. The third-order valence-electron chi connectivity index (χ3n) is 4.17. The number of amides is 1. The van der Waals surface area contributed by atoms with E-state index < -0.39 is 0 Å². The summed E-state index contributed by atoms with van der Waals surface area (Å²) in [5.41, 5.74) is 1.17. The predicted octanol–water partition coefficient (Wildman–Crippen LogP) is 2.24. The summed E-state index contributed by atoms with van der Waals surface area (Å²) < 4.78 is 5.36. The van der Waals surface area contributed by atoms with E-state index in [-0.39, 0.29) is 29.2 Å². The maximum atomic E-state index is 12.2. The third kappa shape index (κ3) is 2.45. The largest absolute Gasteiger partial charge is 0.507 e. The van der Waals surface area contributed by atoms with Crippen molar-refractivity contribution in [1.29, 1.82) is 0 Å². The zero-order chi connectivity index (χ0) is 14.2. The minimum atomic E-state index is -0.231. The van der Waals surface area contributed by atoms with Gasteiger partial charge in [-0.3, -0.25) is 4.79 Å². The Kier molecular flexibility index (Phi) is 3.54. The number of carbonyl (C=O) groups is 1. The van der Waals surface area contributed by atoms with Crippen molar-refractivity contribution in [1.82, 2.24) is 5.32 Å². The van der Waals surface area contributed by atoms with Gasteiger partial charge < -0.3 is 15.2 Å². The molecule has 104 valence electrons. The average Bonchev–Trinajstić information content (AvgIpc) is 2.33. The molecule has 1 aliphatic rings. The molecular formula is C15H21NO3. The van der Waals surface area contributed by atoms with Crippen LogP contribution in [0.25, 0.3) is 0 Å². The fourth-order valence-electron chi connectivity index (χ4n) is 2.60. The zero-order valence-electron chi connectivity index (χ0n) is 11.9. The number of carbonyl (C=O) groups excluding carboxylic acids is 1. The summed E-state index contributed by atoms with van der Waals surface area (Å²) in [6.07, 6.45) is 0.978. The zero-order valence-corrected chi connectivity index (χ0v) is 11.9. The fraction of sp³-hybridized carbons (Fsp3) is 0.533. The molecule has 1 amide bonds. The number of nitrogens with one attached hydrogen (secondary N) is 1. The number of hydrogen-bond acceptors (Lipinski definition) is 3. The highest BCUT2D eigenvalue weighted by Crippen LogP contribution is 2.42. The third-order valence-corrected chi connectivity index (χ3v) is 4.17. The Bertz CT molecular complexity index is 496. The quantitative estimate of drug-likeness (QED) is 0.879. The molecule has 1 aromatic carbocycles. The number of phenolic OH excluding ortho intramolecular Hbond substituents is 1. The van der Waals surface area contributed by atoms with Crippen LogP contribution in [-0.2, 0) is 4.74 Å². The van der Waals surface area contributed by atoms with Crippen molar-refractivity contribution < 1.29 is 14.6 Å². The van der Waals surface area contributed by atoms with E-state index in [2.05, 4.69) is 19.2 Å². The molecule has 1 saturated carbocycles. The van der Waals surface area contributed by atoms with Crippen molar-refractivity contribution in [2.75, 3.05) is 7.11 Å². The van der Waals surface area contributed by atoms with Crippen molar-refractivity contribution in [3.63, 3.8) is 0 Å². The van der Waals surface area contributed by atoms with Gasteiger partial charge in [0.25, 0.3) is 5.91 Å². The average molecular weight is 263 g/mol. The first kappa shape index (κ1) is 13.9. The molecule has 0 saturated heterocycles. The van der Waals surface area contributed by atoms with Gasteiger partial charge in [-0.1, -0.05) is 19.9 Å². The van der Waals surface area contributed by atoms with E-state index in [1.165, 1.54) is 0 Å². The number of methoxy groups -OCH3 is 1. The Balaban J connectivity index is 2.07. The highest BCUT2D eigenvalue weighted by atomic mass is 16.5. The van der Waals surface area contributed by atoms with Crippen molar-refractivity contribution >= 4 is 5.91 Å². The number of rotatable bonds is 3. The van der Waals surface area contributed by atoms with Crippen LogP contribution in [0.4, 0.5) is 0 Å². The van der Waals surface area contributed by atoms with E-state index in [1.54, 1.807) is 19.2 Å². The Morgan fingerprint density at radius 1 is 1.47 bits per heavy atom. The molecule has 0 aliphatic heterocycles. The van der Waals surface area contributed by atoms with Crippen molar-refractivity contribution in [3.8, 4) is 5.75 Å². The summed E-state index contributed by atoms with van der Waals surface area (Å²) >= 11 is 0. The second-order valence-corrected chi connectivity index (χ2v) is 5.83. The lowest BCUT2D eigenvalue weighted by Gasteiger charge is -2.51. The Labute approximate surface area is 113 Å². The lowest BCUT2D eigenvalue weighted by atomic mass is 9.64. The molecule has 4 nitrogen and oxygen atoms in total. The number of aromatic hydroxyl groups is 1. The predicted molar refractivity (Wildman–Crippen MR) is 73.3 cm³/mol. The summed E-state index contributed by atoms with van der Waals surface area (Å²) in [5.74, 6) is -0.206. The lowest BCUT2D eigenvalue weighted by Crippen LogP contribution is -2.61. The van der Waals surface area contributed by atoms with Gasteiger partial charge in [0.05, 0.1) is 11.7 Å². The first-order valence-electron chi connectivity index (χ1n) is 6.49. The van der Waals surface area contributed by atoms with Gasteiger partial charge in [-0.05, 0) is 31.0 Å². The molecule has 2 rings (SSSR count). The minimum absolute atomic E-state index is 0.0259. The van der Waals surface area contributed by atoms with Crippen LogP contribution in [-0.4, -0.2) is 30.3 Å². The molecule has 2 N–H and O–H groups in total. The molecule has 0 bridgehead atoms. The van der Waals surface area contributed by atoms with Gasteiger partial charge in [-0.15, -0.1) is 0 Å². The van der Waals surface area contributed by atoms with Crippen LogP contribution in [0.3, 0.4) is 0 Å². The molecule has 0 spiro atoms.